The summed E-state index contributed by atoms with van der Waals surface area (Å²) in [6, 6.07) is 9.99. The summed E-state index contributed by atoms with van der Waals surface area (Å²) < 4.78 is 0. The van der Waals surface area contributed by atoms with Crippen molar-refractivity contribution in [3.8, 4) is 0 Å². The molecule has 0 aliphatic carbocycles. The average molecular weight is 414 g/mol. The van der Waals surface area contributed by atoms with Crippen LogP contribution in [0.2, 0.25) is 0 Å². The minimum Gasteiger partial charge on any atom is -0.480 e. The van der Waals surface area contributed by atoms with Crippen LogP contribution in [0.15, 0.2) is 42.5 Å². The molecule has 0 atom stereocenters. The first-order chi connectivity index (χ1) is 14.3. The number of nitro groups is 1. The lowest BCUT2D eigenvalue weighted by molar-refractivity contribution is -0.384. The third-order valence-electron chi connectivity index (χ3n) is 4.34. The Morgan fingerprint density at radius 1 is 1.03 bits per heavy atom. The molecular formula is C20H22N4O6. The summed E-state index contributed by atoms with van der Waals surface area (Å²) in [5.41, 5.74) is 1.16. The molecule has 158 valence electrons. The molecule has 0 heterocycles. The van der Waals surface area contributed by atoms with Crippen molar-refractivity contribution in [1.82, 2.24) is 5.32 Å². The number of nitrogens with zero attached hydrogens (tertiary/aromatic N) is 2. The van der Waals surface area contributed by atoms with Gasteiger partial charge < -0.3 is 20.6 Å². The van der Waals surface area contributed by atoms with Gasteiger partial charge in [-0.05, 0) is 44.2 Å². The number of carbonyl (C=O) groups excluding carboxylic acids is 2. The van der Waals surface area contributed by atoms with E-state index in [0.717, 1.165) is 0 Å². The first kappa shape index (κ1) is 22.3. The third-order valence-corrected chi connectivity index (χ3v) is 4.34. The molecule has 30 heavy (non-hydrogen) atoms. The molecule has 10 nitrogen and oxygen atoms in total. The number of nitrogens with one attached hydrogen (secondary N) is 2. The Hall–Kier alpha value is -3.95. The molecule has 0 aliphatic heterocycles. The summed E-state index contributed by atoms with van der Waals surface area (Å²) in [6.45, 7) is 4.57. The highest BCUT2D eigenvalue weighted by Crippen LogP contribution is 2.26. The maximum Gasteiger partial charge on any atom is 0.322 e. The van der Waals surface area contributed by atoms with Gasteiger partial charge in [0.15, 0.2) is 0 Å². The zero-order chi connectivity index (χ0) is 22.3. The number of carbonyl (C=O) groups is 3. The first-order valence-corrected chi connectivity index (χ1v) is 9.21. The van der Waals surface area contributed by atoms with Crippen molar-refractivity contribution >= 4 is 34.8 Å². The highest BCUT2D eigenvalue weighted by atomic mass is 16.6. The number of hydrogen-bond donors (Lipinski definition) is 3. The molecular weight excluding hydrogens is 392 g/mol. The second-order valence-electron chi connectivity index (χ2n) is 6.24. The highest BCUT2D eigenvalue weighted by molar-refractivity contribution is 6.08. The van der Waals surface area contributed by atoms with E-state index < -0.39 is 29.3 Å². The molecule has 10 heteroatoms. The Balaban J connectivity index is 2.24. The fourth-order valence-electron chi connectivity index (χ4n) is 2.82. The van der Waals surface area contributed by atoms with E-state index in [9.17, 15) is 24.5 Å². The smallest absolute Gasteiger partial charge is 0.322 e. The maximum atomic E-state index is 12.8. The summed E-state index contributed by atoms with van der Waals surface area (Å²) in [5, 5.41) is 24.6. The SMILES string of the molecule is CCN(CC)c1ccc([N+](=O)[O-])cc1C(=O)Nc1ccc(C(=O)NCC(=O)O)cc1. The Labute approximate surface area is 172 Å². The van der Waals surface area contributed by atoms with Crippen LogP contribution in [0.5, 0.6) is 0 Å². The molecule has 0 saturated carbocycles. The van der Waals surface area contributed by atoms with E-state index in [1.54, 1.807) is 6.07 Å². The van der Waals surface area contributed by atoms with Crippen LogP contribution >= 0.6 is 0 Å². The zero-order valence-electron chi connectivity index (χ0n) is 16.5. The summed E-state index contributed by atoms with van der Waals surface area (Å²) in [7, 11) is 0. The number of aliphatic carboxylic acids is 1. The van der Waals surface area contributed by atoms with Gasteiger partial charge in [0.1, 0.15) is 6.54 Å². The maximum absolute atomic E-state index is 12.8. The second-order valence-corrected chi connectivity index (χ2v) is 6.24. The van der Waals surface area contributed by atoms with E-state index in [2.05, 4.69) is 10.6 Å². The van der Waals surface area contributed by atoms with Crippen molar-refractivity contribution in [2.45, 2.75) is 13.8 Å². The van der Waals surface area contributed by atoms with Crippen LogP contribution in [0.4, 0.5) is 17.1 Å². The topological polar surface area (TPSA) is 142 Å². The molecule has 2 aromatic carbocycles. The van der Waals surface area contributed by atoms with Gasteiger partial charge in [-0.15, -0.1) is 0 Å². The molecule has 3 N–H and O–H groups in total. The van der Waals surface area contributed by atoms with Gasteiger partial charge in [-0.25, -0.2) is 0 Å². The van der Waals surface area contributed by atoms with Crippen LogP contribution in [0.1, 0.15) is 34.6 Å². The molecule has 0 fully saturated rings. The van der Waals surface area contributed by atoms with Gasteiger partial charge in [0.25, 0.3) is 17.5 Å². The van der Waals surface area contributed by atoms with Crippen molar-refractivity contribution in [3.63, 3.8) is 0 Å². The van der Waals surface area contributed by atoms with Crippen LogP contribution in [-0.2, 0) is 4.79 Å². The largest absolute Gasteiger partial charge is 0.480 e. The van der Waals surface area contributed by atoms with Gasteiger partial charge in [-0.1, -0.05) is 0 Å². The number of carboxylic acids is 1. The number of rotatable bonds is 9. The molecule has 2 aromatic rings. The minimum absolute atomic E-state index is 0.163. The van der Waals surface area contributed by atoms with Crippen molar-refractivity contribution in [2.75, 3.05) is 29.9 Å². The summed E-state index contributed by atoms with van der Waals surface area (Å²) in [4.78, 5) is 47.7. The van der Waals surface area contributed by atoms with E-state index in [-0.39, 0.29) is 16.8 Å². The Kier molecular flexibility index (Phi) is 7.45. The number of benzene rings is 2. The fraction of sp³-hybridized carbons (Fsp3) is 0.250. The van der Waals surface area contributed by atoms with Crippen molar-refractivity contribution in [1.29, 1.82) is 0 Å². The Morgan fingerprint density at radius 3 is 2.20 bits per heavy atom. The molecule has 0 unspecified atom stereocenters. The van der Waals surface area contributed by atoms with E-state index in [0.29, 0.717) is 24.5 Å². The lowest BCUT2D eigenvalue weighted by atomic mass is 10.1. The standard InChI is InChI=1S/C20H22N4O6/c1-3-23(4-2)17-10-9-15(24(29)30)11-16(17)20(28)22-14-7-5-13(6-8-14)19(27)21-12-18(25)26/h5-11H,3-4,12H2,1-2H3,(H,21,27)(H,22,28)(H,25,26). The normalized spacial score (nSPS) is 10.2. The van der Waals surface area contributed by atoms with Crippen LogP contribution in [0, 0.1) is 10.1 Å². The zero-order valence-corrected chi connectivity index (χ0v) is 16.5. The van der Waals surface area contributed by atoms with Crippen molar-refractivity contribution in [2.24, 2.45) is 0 Å². The predicted octanol–water partition coefficient (Wildman–Crippen LogP) is 2.51. The second kappa shape index (κ2) is 10.0. The van der Waals surface area contributed by atoms with Crippen LogP contribution in [0.25, 0.3) is 0 Å². The van der Waals surface area contributed by atoms with Crippen molar-refractivity contribution in [3.05, 3.63) is 63.7 Å². The van der Waals surface area contributed by atoms with Crippen molar-refractivity contribution < 1.29 is 24.4 Å². The van der Waals surface area contributed by atoms with E-state index in [1.165, 1.54) is 36.4 Å². The average Bonchev–Trinajstić information content (AvgIpc) is 2.73. The Morgan fingerprint density at radius 2 is 1.67 bits per heavy atom. The van der Waals surface area contributed by atoms with Gasteiger partial charge in [0.2, 0.25) is 0 Å². The van der Waals surface area contributed by atoms with Gasteiger partial charge in [0.05, 0.1) is 16.2 Å². The van der Waals surface area contributed by atoms with Gasteiger partial charge >= 0.3 is 5.97 Å². The molecule has 2 rings (SSSR count). The van der Waals surface area contributed by atoms with Gasteiger partial charge in [-0.2, -0.15) is 0 Å². The van der Waals surface area contributed by atoms with Gasteiger partial charge in [0, 0.05) is 36.5 Å². The monoisotopic (exact) mass is 414 g/mol. The lowest BCUT2D eigenvalue weighted by Crippen LogP contribution is -2.29. The third kappa shape index (κ3) is 5.53. The fourth-order valence-corrected chi connectivity index (χ4v) is 2.82. The van der Waals surface area contributed by atoms with E-state index in [4.69, 9.17) is 5.11 Å². The molecule has 0 aliphatic rings. The minimum atomic E-state index is -1.16. The number of hydrogen-bond acceptors (Lipinski definition) is 6. The molecule has 0 spiro atoms. The quantitative estimate of drug-likeness (QED) is 0.423. The predicted molar refractivity (Wildman–Crippen MR) is 111 cm³/mol. The number of nitro benzene ring substituents is 1. The van der Waals surface area contributed by atoms with Gasteiger partial charge in [-0.3, -0.25) is 24.5 Å². The number of anilines is 2. The number of carboxylic acid groups (broad SMARTS) is 1. The molecule has 2 amide bonds. The van der Waals surface area contributed by atoms with E-state index >= 15 is 0 Å². The summed E-state index contributed by atoms with van der Waals surface area (Å²) in [6.07, 6.45) is 0. The summed E-state index contributed by atoms with van der Waals surface area (Å²) >= 11 is 0. The van der Waals surface area contributed by atoms with Crippen LogP contribution in [0.3, 0.4) is 0 Å². The summed E-state index contributed by atoms with van der Waals surface area (Å²) in [5.74, 6) is -2.24. The molecule has 0 radical (unpaired) electrons. The number of non-ortho nitro benzene ring substituents is 1. The highest BCUT2D eigenvalue weighted by Gasteiger charge is 2.20. The first-order valence-electron chi connectivity index (χ1n) is 9.21. The van der Waals surface area contributed by atoms with Crippen LogP contribution in [-0.4, -0.2) is 47.4 Å². The lowest BCUT2D eigenvalue weighted by Gasteiger charge is -2.23. The molecule has 0 saturated heterocycles. The van der Waals surface area contributed by atoms with E-state index in [1.807, 2.05) is 18.7 Å². The molecule has 0 aromatic heterocycles. The Bertz CT molecular complexity index is 954. The number of amides is 2. The molecule has 0 bridgehead atoms. The van der Waals surface area contributed by atoms with Crippen LogP contribution < -0.4 is 15.5 Å².